The Morgan fingerprint density at radius 1 is 1.04 bits per heavy atom. The van der Waals surface area contributed by atoms with Crippen LogP contribution in [-0.4, -0.2) is 53.6 Å². The third-order valence-electron chi connectivity index (χ3n) is 2.38. The van der Waals surface area contributed by atoms with Crippen molar-refractivity contribution in [3.63, 3.8) is 0 Å². The quantitative estimate of drug-likeness (QED) is 0.409. The summed E-state index contributed by atoms with van der Waals surface area (Å²) in [4.78, 5) is 18.2. The van der Waals surface area contributed by atoms with Crippen LogP contribution in [0.3, 0.4) is 0 Å². The Kier molecular flexibility index (Phi) is 12.1. The van der Waals surface area contributed by atoms with E-state index in [9.17, 15) is 0 Å². The highest BCUT2D eigenvalue weighted by atomic mass is 35.5. The fraction of sp³-hybridized carbons (Fsp3) is 0.429. The number of para-hydroxylation sites is 1. The molecule has 0 saturated carbocycles. The highest BCUT2D eigenvalue weighted by molar-refractivity contribution is 6.37. The van der Waals surface area contributed by atoms with Crippen LogP contribution in [0.15, 0.2) is 18.2 Å². The third-order valence-corrected chi connectivity index (χ3v) is 2.98. The highest BCUT2D eigenvalue weighted by Gasteiger charge is 2.05. The molecule has 1 rings (SSSR count). The number of rotatable bonds is 8. The number of halogens is 2. The van der Waals surface area contributed by atoms with Crippen molar-refractivity contribution in [2.75, 3.05) is 26.3 Å². The van der Waals surface area contributed by atoms with Crippen LogP contribution >= 0.6 is 23.2 Å². The normalized spacial score (nSPS) is 9.70. The molecule has 130 valence electrons. The summed E-state index contributed by atoms with van der Waals surface area (Å²) in [5.41, 5.74) is 0. The van der Waals surface area contributed by atoms with Crippen molar-refractivity contribution in [3.05, 3.63) is 28.2 Å². The SMILES string of the molecule is O=C(O)C(=O)O.OCCNCCCCOc1c(Cl)cccc1Cl. The number of hydrogen-bond acceptors (Lipinski definition) is 5. The van der Waals surface area contributed by atoms with E-state index < -0.39 is 11.9 Å². The second kappa shape index (κ2) is 13.0. The summed E-state index contributed by atoms with van der Waals surface area (Å²) in [6, 6.07) is 5.30. The summed E-state index contributed by atoms with van der Waals surface area (Å²) < 4.78 is 5.53. The predicted octanol–water partition coefficient (Wildman–Crippen LogP) is 1.89. The summed E-state index contributed by atoms with van der Waals surface area (Å²) >= 11 is 11.9. The second-order valence-electron chi connectivity index (χ2n) is 4.19. The van der Waals surface area contributed by atoms with Gasteiger partial charge in [0, 0.05) is 6.54 Å². The number of carboxylic acids is 2. The molecule has 0 radical (unpaired) electrons. The molecule has 0 amide bonds. The van der Waals surface area contributed by atoms with E-state index in [1.54, 1.807) is 18.2 Å². The summed E-state index contributed by atoms with van der Waals surface area (Å²) in [7, 11) is 0. The lowest BCUT2D eigenvalue weighted by atomic mass is 10.3. The fourth-order valence-corrected chi connectivity index (χ4v) is 1.86. The van der Waals surface area contributed by atoms with E-state index >= 15 is 0 Å². The first kappa shape index (κ1) is 21.5. The van der Waals surface area contributed by atoms with E-state index in [1.807, 2.05) is 0 Å². The van der Waals surface area contributed by atoms with E-state index in [0.717, 1.165) is 19.4 Å². The molecule has 0 unspecified atom stereocenters. The van der Waals surface area contributed by atoms with Gasteiger partial charge in [0.05, 0.1) is 23.3 Å². The van der Waals surface area contributed by atoms with Crippen molar-refractivity contribution in [1.82, 2.24) is 5.32 Å². The van der Waals surface area contributed by atoms with Gasteiger partial charge in [-0.05, 0) is 31.5 Å². The number of aliphatic carboxylic acids is 2. The Bertz CT molecular complexity index is 466. The number of nitrogens with one attached hydrogen (secondary N) is 1. The number of aliphatic hydroxyl groups is 1. The largest absolute Gasteiger partial charge is 0.490 e. The average Bonchev–Trinajstić information content (AvgIpc) is 2.49. The van der Waals surface area contributed by atoms with Crippen molar-refractivity contribution in [1.29, 1.82) is 0 Å². The lowest BCUT2D eigenvalue weighted by Crippen LogP contribution is -2.19. The zero-order valence-corrected chi connectivity index (χ0v) is 13.8. The van der Waals surface area contributed by atoms with Crippen molar-refractivity contribution in [3.8, 4) is 5.75 Å². The van der Waals surface area contributed by atoms with Gasteiger partial charge in [-0.2, -0.15) is 0 Å². The van der Waals surface area contributed by atoms with Gasteiger partial charge in [0.25, 0.3) is 0 Å². The molecule has 0 fully saturated rings. The number of aliphatic hydroxyl groups excluding tert-OH is 1. The summed E-state index contributed by atoms with van der Waals surface area (Å²) in [5, 5.41) is 27.5. The van der Waals surface area contributed by atoms with E-state index in [2.05, 4.69) is 5.32 Å². The van der Waals surface area contributed by atoms with Gasteiger partial charge in [-0.15, -0.1) is 0 Å². The molecule has 1 aromatic carbocycles. The van der Waals surface area contributed by atoms with Gasteiger partial charge >= 0.3 is 11.9 Å². The first-order valence-corrected chi connectivity index (χ1v) is 7.50. The van der Waals surface area contributed by atoms with Gasteiger partial charge < -0.3 is 25.4 Å². The molecule has 0 aromatic heterocycles. The maximum Gasteiger partial charge on any atom is 0.414 e. The van der Waals surface area contributed by atoms with Crippen molar-refractivity contribution < 1.29 is 29.6 Å². The molecule has 0 saturated heterocycles. The molecule has 9 heteroatoms. The van der Waals surface area contributed by atoms with Crippen LogP contribution in [0.2, 0.25) is 10.0 Å². The fourth-order valence-electron chi connectivity index (χ4n) is 1.35. The number of hydrogen-bond donors (Lipinski definition) is 4. The number of carbonyl (C=O) groups is 2. The van der Waals surface area contributed by atoms with E-state index in [1.165, 1.54) is 0 Å². The molecule has 0 atom stereocenters. The minimum absolute atomic E-state index is 0.172. The average molecular weight is 368 g/mol. The smallest absolute Gasteiger partial charge is 0.414 e. The number of unbranched alkanes of at least 4 members (excludes halogenated alkanes) is 1. The highest BCUT2D eigenvalue weighted by Crippen LogP contribution is 2.32. The molecule has 0 spiro atoms. The molecular formula is C14H19Cl2NO6. The van der Waals surface area contributed by atoms with Gasteiger partial charge in [0.15, 0.2) is 5.75 Å². The van der Waals surface area contributed by atoms with Gasteiger partial charge in [-0.25, -0.2) is 9.59 Å². The molecule has 4 N–H and O–H groups in total. The van der Waals surface area contributed by atoms with E-state index in [0.29, 0.717) is 28.9 Å². The monoisotopic (exact) mass is 367 g/mol. The first-order chi connectivity index (χ1) is 10.9. The second-order valence-corrected chi connectivity index (χ2v) is 5.00. The minimum atomic E-state index is -1.82. The molecule has 0 aliphatic carbocycles. The Hall–Kier alpha value is -1.54. The summed E-state index contributed by atoms with van der Waals surface area (Å²) in [5.74, 6) is -3.09. The van der Waals surface area contributed by atoms with Gasteiger partial charge in [0.1, 0.15) is 0 Å². The van der Waals surface area contributed by atoms with E-state index in [4.69, 9.17) is 52.8 Å². The van der Waals surface area contributed by atoms with Crippen LogP contribution in [0.25, 0.3) is 0 Å². The van der Waals surface area contributed by atoms with Crippen molar-refractivity contribution >= 4 is 35.1 Å². The lowest BCUT2D eigenvalue weighted by Gasteiger charge is -2.09. The molecule has 0 heterocycles. The number of benzene rings is 1. The van der Waals surface area contributed by atoms with Crippen LogP contribution in [0.4, 0.5) is 0 Å². The molecule has 23 heavy (non-hydrogen) atoms. The molecule has 1 aromatic rings. The predicted molar refractivity (Wildman–Crippen MR) is 86.4 cm³/mol. The third kappa shape index (κ3) is 10.8. The Morgan fingerprint density at radius 2 is 1.61 bits per heavy atom. The van der Waals surface area contributed by atoms with Crippen molar-refractivity contribution in [2.45, 2.75) is 12.8 Å². The molecule has 0 bridgehead atoms. The standard InChI is InChI=1S/C12H17Cl2NO2.C2H2O4/c13-10-4-3-5-11(14)12(10)17-9-2-1-6-15-7-8-16;3-1(4)2(5)6/h3-5,15-16H,1-2,6-9H2;(H,3,4)(H,5,6). The lowest BCUT2D eigenvalue weighted by molar-refractivity contribution is -0.159. The van der Waals surface area contributed by atoms with Crippen LogP contribution in [0, 0.1) is 0 Å². The summed E-state index contributed by atoms with van der Waals surface area (Å²) in [6.07, 6.45) is 1.90. The number of carboxylic acid groups (broad SMARTS) is 2. The Labute approximate surface area is 143 Å². The van der Waals surface area contributed by atoms with Crippen molar-refractivity contribution in [2.24, 2.45) is 0 Å². The Morgan fingerprint density at radius 3 is 2.09 bits per heavy atom. The zero-order valence-electron chi connectivity index (χ0n) is 12.3. The van der Waals surface area contributed by atoms with Gasteiger partial charge in [-0.1, -0.05) is 29.3 Å². The number of ether oxygens (including phenoxy) is 1. The molecule has 0 aliphatic heterocycles. The minimum Gasteiger partial charge on any atom is -0.490 e. The van der Waals surface area contributed by atoms with Gasteiger partial charge in [-0.3, -0.25) is 0 Å². The first-order valence-electron chi connectivity index (χ1n) is 6.74. The topological polar surface area (TPSA) is 116 Å². The maximum atomic E-state index is 9.10. The zero-order chi connectivity index (χ0) is 17.7. The van der Waals surface area contributed by atoms with Crippen LogP contribution in [0.5, 0.6) is 5.75 Å². The molecule has 0 aliphatic rings. The van der Waals surface area contributed by atoms with Crippen LogP contribution in [-0.2, 0) is 9.59 Å². The van der Waals surface area contributed by atoms with E-state index in [-0.39, 0.29) is 6.61 Å². The maximum absolute atomic E-state index is 9.10. The van der Waals surface area contributed by atoms with Gasteiger partial charge in [0.2, 0.25) is 0 Å². The molecule has 7 nitrogen and oxygen atoms in total. The summed E-state index contributed by atoms with van der Waals surface area (Å²) in [6.45, 7) is 2.27. The van der Waals surface area contributed by atoms with Crippen LogP contribution < -0.4 is 10.1 Å². The molecular weight excluding hydrogens is 349 g/mol. The Balaban J connectivity index is 0.000000688. The van der Waals surface area contributed by atoms with Crippen LogP contribution in [0.1, 0.15) is 12.8 Å².